The van der Waals surface area contributed by atoms with Crippen LogP contribution < -0.4 is 21.1 Å². The molecule has 1 heterocycles. The number of nitrogens with one attached hydrogen (secondary N) is 2. The zero-order chi connectivity index (χ0) is 19.2. The molecule has 0 saturated carbocycles. The number of aromatic nitrogens is 1. The quantitative estimate of drug-likeness (QED) is 0.660. The molecule has 0 saturated heterocycles. The van der Waals surface area contributed by atoms with E-state index in [9.17, 15) is 14.4 Å². The van der Waals surface area contributed by atoms with Gasteiger partial charge in [0.25, 0.3) is 5.91 Å². The van der Waals surface area contributed by atoms with Crippen molar-refractivity contribution in [3.8, 4) is 5.75 Å². The molecule has 0 aliphatic carbocycles. The molecule has 8 nitrogen and oxygen atoms in total. The van der Waals surface area contributed by atoms with Crippen LogP contribution in [-0.2, 0) is 16.1 Å². The number of fused-ring (bicyclic) bond motifs is 1. The number of oxazole rings is 1. The summed E-state index contributed by atoms with van der Waals surface area (Å²) in [4.78, 5) is 35.7. The first-order valence-corrected chi connectivity index (χ1v) is 8.44. The van der Waals surface area contributed by atoms with Gasteiger partial charge in [-0.25, -0.2) is 4.79 Å². The van der Waals surface area contributed by atoms with Gasteiger partial charge >= 0.3 is 5.76 Å². The maximum Gasteiger partial charge on any atom is 0.420 e. The summed E-state index contributed by atoms with van der Waals surface area (Å²) in [6.07, 6.45) is 0. The van der Waals surface area contributed by atoms with Crippen molar-refractivity contribution in [3.63, 3.8) is 0 Å². The van der Waals surface area contributed by atoms with Gasteiger partial charge in [0.1, 0.15) is 12.3 Å². The zero-order valence-corrected chi connectivity index (χ0v) is 14.7. The minimum absolute atomic E-state index is 0.109. The molecule has 0 atom stereocenters. The van der Waals surface area contributed by atoms with Gasteiger partial charge in [0, 0.05) is 18.3 Å². The first kappa shape index (κ1) is 18.2. The lowest BCUT2D eigenvalue weighted by Crippen LogP contribution is -2.28. The van der Waals surface area contributed by atoms with E-state index in [0.717, 1.165) is 0 Å². The van der Waals surface area contributed by atoms with Crippen LogP contribution in [0.1, 0.15) is 6.92 Å². The number of carbonyl (C=O) groups excluding carboxylic acids is 2. The van der Waals surface area contributed by atoms with Crippen molar-refractivity contribution < 1.29 is 18.7 Å². The molecule has 140 valence electrons. The van der Waals surface area contributed by atoms with E-state index >= 15 is 0 Å². The van der Waals surface area contributed by atoms with Crippen molar-refractivity contribution in [1.82, 2.24) is 9.88 Å². The highest BCUT2D eigenvalue weighted by atomic mass is 16.5. The van der Waals surface area contributed by atoms with Gasteiger partial charge < -0.3 is 19.8 Å². The number of nitrogens with zero attached hydrogens (tertiary/aromatic N) is 1. The Morgan fingerprint density at radius 2 is 1.93 bits per heavy atom. The van der Waals surface area contributed by atoms with Crippen LogP contribution in [0, 0.1) is 0 Å². The zero-order valence-electron chi connectivity index (χ0n) is 14.7. The number of para-hydroxylation sites is 2. The minimum Gasteiger partial charge on any atom is -0.484 e. The minimum atomic E-state index is -0.592. The number of anilines is 1. The molecule has 0 bridgehead atoms. The topological polar surface area (TPSA) is 103 Å². The average molecular weight is 369 g/mol. The maximum atomic E-state index is 12.3. The summed E-state index contributed by atoms with van der Waals surface area (Å²) in [5, 5.41) is 5.34. The van der Waals surface area contributed by atoms with E-state index in [1.807, 2.05) is 6.92 Å². The Bertz CT molecular complexity index is 1020. The van der Waals surface area contributed by atoms with E-state index in [1.54, 1.807) is 48.5 Å². The number of carbonyl (C=O) groups is 2. The van der Waals surface area contributed by atoms with Crippen molar-refractivity contribution in [2.75, 3.05) is 18.5 Å². The van der Waals surface area contributed by atoms with E-state index in [1.165, 1.54) is 4.57 Å². The number of benzene rings is 2. The second kappa shape index (κ2) is 8.22. The predicted octanol–water partition coefficient (Wildman–Crippen LogP) is 1.75. The van der Waals surface area contributed by atoms with Gasteiger partial charge in [-0.2, -0.15) is 0 Å². The van der Waals surface area contributed by atoms with Gasteiger partial charge in [-0.15, -0.1) is 0 Å². The second-order valence-corrected chi connectivity index (χ2v) is 5.74. The lowest BCUT2D eigenvalue weighted by molar-refractivity contribution is -0.123. The fraction of sp³-hybridized carbons (Fsp3) is 0.211. The molecule has 2 aromatic carbocycles. The largest absolute Gasteiger partial charge is 0.484 e. The van der Waals surface area contributed by atoms with E-state index < -0.39 is 5.76 Å². The fourth-order valence-electron chi connectivity index (χ4n) is 2.57. The number of amides is 2. The summed E-state index contributed by atoms with van der Waals surface area (Å²) in [7, 11) is 0. The third-order valence-corrected chi connectivity index (χ3v) is 3.74. The smallest absolute Gasteiger partial charge is 0.420 e. The first-order chi connectivity index (χ1) is 13.1. The van der Waals surface area contributed by atoms with Gasteiger partial charge in [-0.3, -0.25) is 14.2 Å². The van der Waals surface area contributed by atoms with Crippen molar-refractivity contribution in [3.05, 3.63) is 59.1 Å². The summed E-state index contributed by atoms with van der Waals surface area (Å²) in [5.74, 6) is -0.752. The number of likely N-dealkylation sites (N-methyl/N-ethyl adjacent to an activating group) is 1. The van der Waals surface area contributed by atoms with E-state index in [4.69, 9.17) is 9.15 Å². The Balaban J connectivity index is 1.65. The molecular weight excluding hydrogens is 350 g/mol. The maximum absolute atomic E-state index is 12.3. The molecule has 0 fully saturated rings. The van der Waals surface area contributed by atoms with E-state index in [-0.39, 0.29) is 25.0 Å². The Morgan fingerprint density at radius 3 is 2.74 bits per heavy atom. The molecule has 2 amide bonds. The van der Waals surface area contributed by atoms with Gasteiger partial charge in [0.2, 0.25) is 5.91 Å². The van der Waals surface area contributed by atoms with Crippen LogP contribution in [0.4, 0.5) is 5.69 Å². The van der Waals surface area contributed by atoms with Crippen LogP contribution in [0.25, 0.3) is 11.1 Å². The molecule has 3 aromatic rings. The Kier molecular flexibility index (Phi) is 5.55. The molecule has 1 aromatic heterocycles. The summed E-state index contributed by atoms with van der Waals surface area (Å²) in [6.45, 7) is 2.06. The van der Waals surface area contributed by atoms with Crippen LogP contribution in [0.3, 0.4) is 0 Å². The normalized spacial score (nSPS) is 10.6. The Hall–Kier alpha value is -3.55. The highest BCUT2D eigenvalue weighted by Gasteiger charge is 2.12. The predicted molar refractivity (Wildman–Crippen MR) is 99.7 cm³/mol. The molecule has 0 spiro atoms. The summed E-state index contributed by atoms with van der Waals surface area (Å²) < 4.78 is 11.8. The second-order valence-electron chi connectivity index (χ2n) is 5.74. The molecule has 2 N–H and O–H groups in total. The van der Waals surface area contributed by atoms with Crippen LogP contribution in [0.5, 0.6) is 5.75 Å². The van der Waals surface area contributed by atoms with Gasteiger partial charge in [-0.05, 0) is 31.2 Å². The van der Waals surface area contributed by atoms with E-state index in [0.29, 0.717) is 29.1 Å². The first-order valence-electron chi connectivity index (χ1n) is 8.44. The monoisotopic (exact) mass is 369 g/mol. The van der Waals surface area contributed by atoms with Crippen molar-refractivity contribution in [1.29, 1.82) is 0 Å². The molecule has 0 aliphatic rings. The van der Waals surface area contributed by atoms with Crippen molar-refractivity contribution in [2.24, 2.45) is 0 Å². The number of ether oxygens (including phenoxy) is 1. The van der Waals surface area contributed by atoms with Crippen molar-refractivity contribution >= 4 is 28.6 Å². The Labute approximate surface area is 154 Å². The van der Waals surface area contributed by atoms with Gasteiger partial charge in [0.05, 0.1) is 5.52 Å². The van der Waals surface area contributed by atoms with Crippen LogP contribution >= 0.6 is 0 Å². The molecule has 0 radical (unpaired) electrons. The average Bonchev–Trinajstić information content (AvgIpc) is 2.96. The standard InChI is InChI=1S/C19H19N3O5/c1-2-20-18(24)12-26-14-7-5-6-13(10-14)21-17(23)11-22-15-8-3-4-9-16(15)27-19(22)25/h3-10H,2,11-12H2,1H3,(H,20,24)(H,21,23). The molecular formula is C19H19N3O5. The third-order valence-electron chi connectivity index (χ3n) is 3.74. The summed E-state index contributed by atoms with van der Waals surface area (Å²) in [5.41, 5.74) is 1.47. The van der Waals surface area contributed by atoms with Crippen LogP contribution in [0.15, 0.2) is 57.7 Å². The number of rotatable bonds is 7. The van der Waals surface area contributed by atoms with Gasteiger partial charge in [-0.1, -0.05) is 18.2 Å². The fourth-order valence-corrected chi connectivity index (χ4v) is 2.57. The van der Waals surface area contributed by atoms with Crippen LogP contribution in [0.2, 0.25) is 0 Å². The summed E-state index contributed by atoms with van der Waals surface area (Å²) >= 11 is 0. The van der Waals surface area contributed by atoms with E-state index in [2.05, 4.69) is 10.6 Å². The molecule has 0 aliphatic heterocycles. The van der Waals surface area contributed by atoms with Crippen LogP contribution in [-0.4, -0.2) is 29.5 Å². The highest BCUT2D eigenvalue weighted by Crippen LogP contribution is 2.18. The lowest BCUT2D eigenvalue weighted by atomic mass is 10.3. The van der Waals surface area contributed by atoms with Gasteiger partial charge in [0.15, 0.2) is 12.2 Å². The SMILES string of the molecule is CCNC(=O)COc1cccc(NC(=O)Cn2c(=O)oc3ccccc32)c1. The highest BCUT2D eigenvalue weighted by molar-refractivity contribution is 5.91. The molecule has 8 heteroatoms. The molecule has 0 unspecified atom stereocenters. The summed E-state index contributed by atoms with van der Waals surface area (Å²) in [6, 6.07) is 13.6. The van der Waals surface area contributed by atoms with Crippen molar-refractivity contribution in [2.45, 2.75) is 13.5 Å². The molecule has 3 rings (SSSR count). The number of hydrogen-bond donors (Lipinski definition) is 2. The number of hydrogen-bond acceptors (Lipinski definition) is 5. The third kappa shape index (κ3) is 4.55. The Morgan fingerprint density at radius 1 is 1.11 bits per heavy atom. The molecule has 27 heavy (non-hydrogen) atoms. The lowest BCUT2D eigenvalue weighted by Gasteiger charge is -2.09.